The van der Waals surface area contributed by atoms with Crippen LogP contribution < -0.4 is 0 Å². The van der Waals surface area contributed by atoms with Gasteiger partial charge in [0.05, 0.1) is 0 Å². The van der Waals surface area contributed by atoms with Crippen molar-refractivity contribution in [3.05, 3.63) is 29.8 Å². The molecule has 2 atom stereocenters. The van der Waals surface area contributed by atoms with Gasteiger partial charge in [-0.15, -0.1) is 0 Å². The molecule has 0 radical (unpaired) electrons. The van der Waals surface area contributed by atoms with Crippen molar-refractivity contribution in [2.75, 3.05) is 13.1 Å². The molecule has 122 valence electrons. The second-order valence-corrected chi connectivity index (χ2v) is 6.83. The van der Waals surface area contributed by atoms with Crippen LogP contribution in [0.3, 0.4) is 0 Å². The largest absolute Gasteiger partial charge is 0.508 e. The molecule has 22 heavy (non-hydrogen) atoms. The highest BCUT2D eigenvalue weighted by atomic mass is 19.1. The third kappa shape index (κ3) is 4.36. The van der Waals surface area contributed by atoms with Crippen molar-refractivity contribution in [3.63, 3.8) is 0 Å². The van der Waals surface area contributed by atoms with Gasteiger partial charge in [0.1, 0.15) is 17.5 Å². The summed E-state index contributed by atoms with van der Waals surface area (Å²) < 4.78 is 20.0. The van der Waals surface area contributed by atoms with E-state index in [2.05, 4.69) is 0 Å². The van der Waals surface area contributed by atoms with Crippen molar-refractivity contribution in [2.45, 2.75) is 45.4 Å². The smallest absolute Gasteiger partial charge is 0.410 e. The average molecular weight is 309 g/mol. The zero-order valence-electron chi connectivity index (χ0n) is 13.4. The van der Waals surface area contributed by atoms with E-state index in [1.165, 1.54) is 12.1 Å². The molecule has 0 saturated carbocycles. The van der Waals surface area contributed by atoms with E-state index >= 15 is 0 Å². The van der Waals surface area contributed by atoms with Gasteiger partial charge in [0.15, 0.2) is 0 Å². The summed E-state index contributed by atoms with van der Waals surface area (Å²) in [5.41, 5.74) is -0.0966. The van der Waals surface area contributed by atoms with Crippen LogP contribution in [0.15, 0.2) is 24.3 Å². The number of carbonyl (C=O) groups excluding carboxylic acids is 1. The molecule has 1 amide bonds. The average Bonchev–Trinajstić information content (AvgIpc) is 2.45. The zero-order valence-corrected chi connectivity index (χ0v) is 13.4. The summed E-state index contributed by atoms with van der Waals surface area (Å²) in [5.74, 6) is -0.219. The molecule has 1 fully saturated rings. The Morgan fingerprint density at radius 3 is 2.82 bits per heavy atom. The molecule has 1 heterocycles. The Hall–Kier alpha value is -1.78. The predicted molar refractivity (Wildman–Crippen MR) is 82.5 cm³/mol. The lowest BCUT2D eigenvalue weighted by molar-refractivity contribution is 0.0109. The number of carbonyl (C=O) groups is 1. The molecule has 2 rings (SSSR count). The van der Waals surface area contributed by atoms with E-state index < -0.39 is 11.8 Å². The normalized spacial score (nSPS) is 20.5. The zero-order chi connectivity index (χ0) is 16.3. The summed E-state index contributed by atoms with van der Waals surface area (Å²) >= 11 is 0. The fraction of sp³-hybridized carbons (Fsp3) is 0.588. The van der Waals surface area contributed by atoms with Gasteiger partial charge in [-0.1, -0.05) is 12.1 Å². The maximum Gasteiger partial charge on any atom is 0.410 e. The van der Waals surface area contributed by atoms with Crippen molar-refractivity contribution < 1.29 is 19.0 Å². The molecule has 2 unspecified atom stereocenters. The van der Waals surface area contributed by atoms with Crippen molar-refractivity contribution in [1.82, 2.24) is 4.90 Å². The summed E-state index contributed by atoms with van der Waals surface area (Å²) in [7, 11) is 0. The molecule has 1 aromatic carbocycles. The molecule has 0 spiro atoms. The first-order valence-corrected chi connectivity index (χ1v) is 7.67. The number of rotatable bonds is 2. The molecule has 1 N–H and O–H groups in total. The number of aromatic hydroxyl groups is 1. The van der Waals surface area contributed by atoms with Crippen molar-refractivity contribution in [3.8, 4) is 5.75 Å². The van der Waals surface area contributed by atoms with Crippen LogP contribution in [0.25, 0.3) is 0 Å². The minimum atomic E-state index is -1.20. The van der Waals surface area contributed by atoms with Crippen LogP contribution in [-0.4, -0.2) is 34.8 Å². The van der Waals surface area contributed by atoms with Crippen LogP contribution in [0.2, 0.25) is 0 Å². The lowest BCUT2D eigenvalue weighted by Gasteiger charge is -2.35. The summed E-state index contributed by atoms with van der Waals surface area (Å²) in [6.45, 7) is 6.38. The first-order chi connectivity index (χ1) is 10.3. The first kappa shape index (κ1) is 16.6. The van der Waals surface area contributed by atoms with Gasteiger partial charge < -0.3 is 14.7 Å². The molecule has 1 aliphatic rings. The maximum atomic E-state index is 14.7. The Kier molecular flexibility index (Phi) is 4.94. The fourth-order valence-corrected chi connectivity index (χ4v) is 2.71. The molecule has 1 aromatic rings. The molecule has 0 bridgehead atoms. The topological polar surface area (TPSA) is 49.8 Å². The number of amides is 1. The highest BCUT2D eigenvalue weighted by Gasteiger charge is 2.32. The third-order valence-electron chi connectivity index (χ3n) is 3.71. The standard InChI is InChI=1S/C17H24FNO3/c1-17(2,3)22-16(21)19-9-5-7-13(11-19)15(18)12-6-4-8-14(20)10-12/h4,6,8,10,13,15,20H,5,7,9,11H2,1-3H3. The molecule has 1 saturated heterocycles. The van der Waals surface area contributed by atoms with Gasteiger partial charge in [0.25, 0.3) is 0 Å². The summed E-state index contributed by atoms with van der Waals surface area (Å²) in [6, 6.07) is 6.25. The molecular weight excluding hydrogens is 285 g/mol. The summed E-state index contributed by atoms with van der Waals surface area (Å²) in [6.07, 6.45) is -0.114. The lowest BCUT2D eigenvalue weighted by atomic mass is 9.89. The second kappa shape index (κ2) is 6.55. The van der Waals surface area contributed by atoms with E-state index in [4.69, 9.17) is 4.74 Å². The predicted octanol–water partition coefficient (Wildman–Crippen LogP) is 4.05. The molecule has 0 aliphatic carbocycles. The quantitative estimate of drug-likeness (QED) is 0.896. The number of phenols is 1. The van der Waals surface area contributed by atoms with E-state index in [0.29, 0.717) is 18.7 Å². The monoisotopic (exact) mass is 309 g/mol. The SMILES string of the molecule is CC(C)(C)OC(=O)N1CCCC(C(F)c2cccc(O)c2)C1. The Morgan fingerprint density at radius 2 is 2.18 bits per heavy atom. The molecule has 5 heteroatoms. The number of alkyl halides is 1. The van der Waals surface area contributed by atoms with E-state index in [9.17, 15) is 14.3 Å². The van der Waals surface area contributed by atoms with E-state index in [1.54, 1.807) is 17.0 Å². The summed E-state index contributed by atoms with van der Waals surface area (Å²) in [5, 5.41) is 9.48. The number of ether oxygens (including phenoxy) is 1. The van der Waals surface area contributed by atoms with E-state index in [1.807, 2.05) is 20.8 Å². The first-order valence-electron chi connectivity index (χ1n) is 7.67. The molecule has 4 nitrogen and oxygen atoms in total. The van der Waals surface area contributed by atoms with Gasteiger partial charge in [-0.2, -0.15) is 0 Å². The number of hydrogen-bond acceptors (Lipinski definition) is 3. The highest BCUT2D eigenvalue weighted by molar-refractivity contribution is 5.68. The van der Waals surface area contributed by atoms with Crippen molar-refractivity contribution >= 4 is 6.09 Å². The van der Waals surface area contributed by atoms with Gasteiger partial charge in [0.2, 0.25) is 0 Å². The third-order valence-corrected chi connectivity index (χ3v) is 3.71. The number of benzene rings is 1. The highest BCUT2D eigenvalue weighted by Crippen LogP contribution is 2.34. The second-order valence-electron chi connectivity index (χ2n) is 6.83. The number of nitrogens with zero attached hydrogens (tertiary/aromatic N) is 1. The molecule has 1 aliphatic heterocycles. The van der Waals surface area contributed by atoms with Gasteiger partial charge >= 0.3 is 6.09 Å². The van der Waals surface area contributed by atoms with Gasteiger partial charge in [0, 0.05) is 19.0 Å². The minimum absolute atomic E-state index is 0.0555. The summed E-state index contributed by atoms with van der Waals surface area (Å²) in [4.78, 5) is 13.7. The number of piperidine rings is 1. The van der Waals surface area contributed by atoms with Crippen molar-refractivity contribution in [2.24, 2.45) is 5.92 Å². The molecule has 0 aromatic heterocycles. The van der Waals surface area contributed by atoms with Crippen LogP contribution in [0.1, 0.15) is 45.3 Å². The van der Waals surface area contributed by atoms with Gasteiger partial charge in [-0.05, 0) is 51.3 Å². The van der Waals surface area contributed by atoms with Gasteiger partial charge in [-0.25, -0.2) is 9.18 Å². The number of likely N-dealkylation sites (tertiary alicyclic amines) is 1. The van der Waals surface area contributed by atoms with E-state index in [0.717, 1.165) is 12.8 Å². The number of halogens is 1. The Balaban J connectivity index is 2.02. The number of phenolic OH excluding ortho intramolecular Hbond substituents is 1. The molecular formula is C17H24FNO3. The lowest BCUT2D eigenvalue weighted by Crippen LogP contribution is -2.43. The number of hydrogen-bond donors (Lipinski definition) is 1. The van der Waals surface area contributed by atoms with E-state index in [-0.39, 0.29) is 17.8 Å². The Labute approximate surface area is 130 Å². The van der Waals surface area contributed by atoms with Crippen molar-refractivity contribution in [1.29, 1.82) is 0 Å². The maximum absolute atomic E-state index is 14.7. The van der Waals surface area contributed by atoms with Crippen LogP contribution in [0, 0.1) is 5.92 Å². The fourth-order valence-electron chi connectivity index (χ4n) is 2.71. The van der Waals surface area contributed by atoms with Crippen LogP contribution >= 0.6 is 0 Å². The minimum Gasteiger partial charge on any atom is -0.508 e. The van der Waals surface area contributed by atoms with Crippen LogP contribution in [-0.2, 0) is 4.74 Å². The Morgan fingerprint density at radius 1 is 1.45 bits per heavy atom. The van der Waals surface area contributed by atoms with Crippen LogP contribution in [0.4, 0.5) is 9.18 Å². The van der Waals surface area contributed by atoms with Crippen LogP contribution in [0.5, 0.6) is 5.75 Å². The Bertz CT molecular complexity index is 527. The van der Waals surface area contributed by atoms with Gasteiger partial charge in [-0.3, -0.25) is 0 Å².